The molecule has 0 radical (unpaired) electrons. The topological polar surface area (TPSA) is 131 Å². The van der Waals surface area contributed by atoms with E-state index in [1.165, 1.54) is 38.5 Å². The highest BCUT2D eigenvalue weighted by Gasteiger charge is 2.23. The molecule has 0 aromatic carbocycles. The van der Waals surface area contributed by atoms with Crippen LogP contribution in [0, 0.1) is 0 Å². The van der Waals surface area contributed by atoms with Crippen molar-refractivity contribution in [2.75, 3.05) is 26.4 Å². The van der Waals surface area contributed by atoms with Gasteiger partial charge in [0.15, 0.2) is 0 Å². The third-order valence-electron chi connectivity index (χ3n) is 7.65. The molecule has 2 unspecified atom stereocenters. The Hall–Kier alpha value is -2.29. The molecule has 0 saturated heterocycles. The molecule has 0 saturated carbocycles. The van der Waals surface area contributed by atoms with Crippen LogP contribution >= 0.6 is 7.82 Å². The lowest BCUT2D eigenvalue weighted by Crippen LogP contribution is -2.27. The molecule has 0 aliphatic rings. The van der Waals surface area contributed by atoms with Gasteiger partial charge in [-0.2, -0.15) is 0 Å². The number of esters is 1. The van der Waals surface area contributed by atoms with Crippen molar-refractivity contribution in [3.05, 3.63) is 60.8 Å². The standard InChI is InChI=1S/C40H70NO8P/c1-3-5-7-9-11-13-15-16-17-18-19-20-21-22-23-25-27-29-31-33-40(44)47-36-38(42)37-49-50(45,46)48-35-34-41-39(43)32-30-28-26-24-14-12-10-8-6-4-2/h8,10-11,13,16-17,19-20,22-23,38,42H,3-7,9,12,14-15,18,21,24-37H2,1-2H3,(H,41,43)(H,45,46)/b10-8-,13-11-,17-16-,20-19-,23-22-. The number of nitrogens with one attached hydrogen (secondary N) is 1. The molecule has 0 aromatic heterocycles. The summed E-state index contributed by atoms with van der Waals surface area (Å²) in [7, 11) is -4.42. The highest BCUT2D eigenvalue weighted by molar-refractivity contribution is 7.47. The molecule has 0 spiro atoms. The lowest BCUT2D eigenvalue weighted by molar-refractivity contribution is -0.147. The average Bonchev–Trinajstić information content (AvgIpc) is 3.10. The molecule has 0 heterocycles. The largest absolute Gasteiger partial charge is 0.472 e. The third kappa shape index (κ3) is 37.0. The predicted octanol–water partition coefficient (Wildman–Crippen LogP) is 10.2. The maximum Gasteiger partial charge on any atom is 0.472 e. The number of phosphoric ester groups is 1. The number of aliphatic hydroxyl groups excluding tert-OH is 1. The summed E-state index contributed by atoms with van der Waals surface area (Å²) < 4.78 is 26.7. The van der Waals surface area contributed by atoms with Crippen molar-refractivity contribution in [3.63, 3.8) is 0 Å². The smallest absolute Gasteiger partial charge is 0.463 e. The lowest BCUT2D eigenvalue weighted by Gasteiger charge is -2.15. The summed E-state index contributed by atoms with van der Waals surface area (Å²) in [6.45, 7) is 3.38. The number of hydrogen-bond acceptors (Lipinski definition) is 7. The van der Waals surface area contributed by atoms with E-state index in [-0.39, 0.29) is 32.1 Å². The van der Waals surface area contributed by atoms with Gasteiger partial charge < -0.3 is 20.1 Å². The van der Waals surface area contributed by atoms with Gasteiger partial charge in [-0.05, 0) is 77.0 Å². The second-order valence-corrected chi connectivity index (χ2v) is 14.0. The Bertz CT molecular complexity index is 1010. The zero-order chi connectivity index (χ0) is 36.8. The lowest BCUT2D eigenvalue weighted by atomic mass is 10.1. The van der Waals surface area contributed by atoms with Crippen molar-refractivity contribution < 1.29 is 37.9 Å². The number of unbranched alkanes of at least 4 members (excludes halogenated alkanes) is 12. The fourth-order valence-corrected chi connectivity index (χ4v) is 5.47. The second kappa shape index (κ2) is 36.5. The maximum absolute atomic E-state index is 12.0. The highest BCUT2D eigenvalue weighted by atomic mass is 31.2. The SMILES string of the molecule is CCC/C=C\CCCCCCCC(=O)NCCOP(=O)(O)OCC(O)COC(=O)CCCCC/C=C\C/C=C\C/C=C\C/C=C\CCCCC. The monoisotopic (exact) mass is 723 g/mol. The summed E-state index contributed by atoms with van der Waals surface area (Å²) in [5.41, 5.74) is 0. The molecular weight excluding hydrogens is 653 g/mol. The van der Waals surface area contributed by atoms with E-state index in [1.807, 2.05) is 0 Å². The van der Waals surface area contributed by atoms with Gasteiger partial charge in [-0.1, -0.05) is 120 Å². The molecule has 50 heavy (non-hydrogen) atoms. The van der Waals surface area contributed by atoms with Gasteiger partial charge >= 0.3 is 13.8 Å². The van der Waals surface area contributed by atoms with Crippen LogP contribution < -0.4 is 5.32 Å². The summed E-state index contributed by atoms with van der Waals surface area (Å²) in [6.07, 6.45) is 41.5. The minimum absolute atomic E-state index is 0.0700. The number of ether oxygens (including phenoxy) is 1. The van der Waals surface area contributed by atoms with Gasteiger partial charge in [0.2, 0.25) is 5.91 Å². The molecule has 0 rings (SSSR count). The van der Waals surface area contributed by atoms with Gasteiger partial charge in [-0.3, -0.25) is 18.6 Å². The highest BCUT2D eigenvalue weighted by Crippen LogP contribution is 2.42. The minimum atomic E-state index is -4.42. The number of amides is 1. The zero-order valence-electron chi connectivity index (χ0n) is 31.3. The first-order chi connectivity index (χ1) is 24.3. The summed E-state index contributed by atoms with van der Waals surface area (Å²) in [4.78, 5) is 33.7. The van der Waals surface area contributed by atoms with Gasteiger partial charge in [-0.25, -0.2) is 4.57 Å². The van der Waals surface area contributed by atoms with Gasteiger partial charge in [0, 0.05) is 19.4 Å². The van der Waals surface area contributed by atoms with Crippen molar-refractivity contribution in [2.45, 2.75) is 155 Å². The Balaban J connectivity index is 3.71. The second-order valence-electron chi connectivity index (χ2n) is 12.5. The fraction of sp³-hybridized carbons (Fsp3) is 0.700. The summed E-state index contributed by atoms with van der Waals surface area (Å²) >= 11 is 0. The maximum atomic E-state index is 12.0. The molecule has 2 atom stereocenters. The molecule has 288 valence electrons. The Labute approximate surface area is 304 Å². The molecule has 3 N–H and O–H groups in total. The van der Waals surface area contributed by atoms with Crippen molar-refractivity contribution in [2.24, 2.45) is 0 Å². The van der Waals surface area contributed by atoms with E-state index in [0.29, 0.717) is 12.8 Å². The van der Waals surface area contributed by atoms with Crippen LogP contribution in [0.15, 0.2) is 60.8 Å². The quantitative estimate of drug-likeness (QED) is 0.0255. The van der Waals surface area contributed by atoms with E-state index in [1.54, 1.807) is 0 Å². The average molecular weight is 724 g/mol. The Kier molecular flexibility index (Phi) is 34.8. The number of phosphoric acid groups is 1. The summed E-state index contributed by atoms with van der Waals surface area (Å²) in [5, 5.41) is 12.6. The molecule has 1 amide bonds. The van der Waals surface area contributed by atoms with Crippen LogP contribution in [0.4, 0.5) is 0 Å². The van der Waals surface area contributed by atoms with Crippen LogP contribution in [-0.2, 0) is 27.9 Å². The fourth-order valence-electron chi connectivity index (χ4n) is 4.72. The molecular formula is C40H70NO8P. The number of aliphatic hydroxyl groups is 1. The third-order valence-corrected chi connectivity index (χ3v) is 8.64. The number of hydrogen-bond donors (Lipinski definition) is 3. The summed E-state index contributed by atoms with van der Waals surface area (Å²) in [6, 6.07) is 0. The molecule has 0 aliphatic carbocycles. The molecule has 10 heteroatoms. The van der Waals surface area contributed by atoms with Gasteiger partial charge in [0.05, 0.1) is 13.2 Å². The minimum Gasteiger partial charge on any atom is -0.463 e. The Morgan fingerprint density at radius 1 is 0.620 bits per heavy atom. The van der Waals surface area contributed by atoms with E-state index in [2.05, 4.69) is 79.9 Å². The zero-order valence-corrected chi connectivity index (χ0v) is 32.2. The number of rotatable bonds is 35. The van der Waals surface area contributed by atoms with Crippen molar-refractivity contribution in [1.29, 1.82) is 0 Å². The van der Waals surface area contributed by atoms with Crippen LogP contribution in [0.25, 0.3) is 0 Å². The molecule has 9 nitrogen and oxygen atoms in total. The predicted molar refractivity (Wildman–Crippen MR) is 206 cm³/mol. The van der Waals surface area contributed by atoms with Crippen molar-refractivity contribution in [3.8, 4) is 0 Å². The van der Waals surface area contributed by atoms with E-state index in [9.17, 15) is 24.2 Å². The normalized spacial score (nSPS) is 14.1. The van der Waals surface area contributed by atoms with Crippen LogP contribution in [0.5, 0.6) is 0 Å². The van der Waals surface area contributed by atoms with E-state index in [4.69, 9.17) is 13.8 Å². The van der Waals surface area contributed by atoms with E-state index in [0.717, 1.165) is 77.0 Å². The number of carbonyl (C=O) groups is 2. The molecule has 0 aromatic rings. The molecule has 0 aliphatic heterocycles. The van der Waals surface area contributed by atoms with Crippen LogP contribution in [0.2, 0.25) is 0 Å². The van der Waals surface area contributed by atoms with Gasteiger partial charge in [0.1, 0.15) is 12.7 Å². The Morgan fingerprint density at radius 2 is 1.12 bits per heavy atom. The number of allylic oxidation sites excluding steroid dienone is 10. The van der Waals surface area contributed by atoms with Gasteiger partial charge in [-0.15, -0.1) is 0 Å². The van der Waals surface area contributed by atoms with E-state index < -0.39 is 26.5 Å². The van der Waals surface area contributed by atoms with Gasteiger partial charge in [0.25, 0.3) is 0 Å². The summed E-state index contributed by atoms with van der Waals surface area (Å²) in [5.74, 6) is -0.565. The van der Waals surface area contributed by atoms with Crippen LogP contribution in [0.3, 0.4) is 0 Å². The molecule has 0 fully saturated rings. The first kappa shape index (κ1) is 47.7. The van der Waals surface area contributed by atoms with Crippen LogP contribution in [0.1, 0.15) is 149 Å². The van der Waals surface area contributed by atoms with Crippen LogP contribution in [-0.4, -0.2) is 54.3 Å². The first-order valence-corrected chi connectivity index (χ1v) is 20.8. The van der Waals surface area contributed by atoms with Crippen molar-refractivity contribution >= 4 is 19.7 Å². The molecule has 0 bridgehead atoms. The number of carbonyl (C=O) groups excluding carboxylic acids is 2. The Morgan fingerprint density at radius 3 is 1.74 bits per heavy atom. The first-order valence-electron chi connectivity index (χ1n) is 19.3. The van der Waals surface area contributed by atoms with Crippen molar-refractivity contribution in [1.82, 2.24) is 5.32 Å². The van der Waals surface area contributed by atoms with E-state index >= 15 is 0 Å².